The molecular formula is C16H19NO4. The molecule has 5 nitrogen and oxygen atoms in total. The highest BCUT2D eigenvalue weighted by molar-refractivity contribution is 5.81. The number of nitrogens with zero attached hydrogens (tertiary/aromatic N) is 1. The van der Waals surface area contributed by atoms with Crippen LogP contribution in [-0.2, 0) is 9.53 Å². The van der Waals surface area contributed by atoms with Gasteiger partial charge in [-0.05, 0) is 18.4 Å². The second kappa shape index (κ2) is 6.92. The maximum atomic E-state index is 12.0. The Morgan fingerprint density at radius 2 is 2.10 bits per heavy atom. The molecule has 0 unspecified atom stereocenters. The minimum atomic E-state index is -1.00. The van der Waals surface area contributed by atoms with Crippen LogP contribution in [0, 0.1) is 0 Å². The van der Waals surface area contributed by atoms with E-state index >= 15 is 0 Å². The van der Waals surface area contributed by atoms with E-state index < -0.39 is 18.1 Å². The molecule has 0 spiro atoms. The van der Waals surface area contributed by atoms with Gasteiger partial charge in [0.2, 0.25) is 0 Å². The Bertz CT molecular complexity index is 514. The Kier molecular flexibility index (Phi) is 4.98. The second-order valence-corrected chi connectivity index (χ2v) is 5.00. The molecule has 1 heterocycles. The minimum Gasteiger partial charge on any atom is -0.480 e. The Hall–Kier alpha value is -2.30. The summed E-state index contributed by atoms with van der Waals surface area (Å²) < 4.78 is 5.00. The molecule has 0 aliphatic carbocycles. The number of hydrogen-bond acceptors (Lipinski definition) is 3. The number of benzene rings is 1. The number of carboxylic acids is 1. The van der Waals surface area contributed by atoms with E-state index in [-0.39, 0.29) is 12.5 Å². The van der Waals surface area contributed by atoms with Crippen LogP contribution in [0.4, 0.5) is 4.79 Å². The predicted molar refractivity (Wildman–Crippen MR) is 78.1 cm³/mol. The van der Waals surface area contributed by atoms with Crippen molar-refractivity contribution in [3.05, 3.63) is 48.6 Å². The molecule has 1 N–H and O–H groups in total. The van der Waals surface area contributed by atoms with Crippen LogP contribution in [0.15, 0.2) is 43.0 Å². The van der Waals surface area contributed by atoms with Gasteiger partial charge in [0.05, 0.1) is 0 Å². The molecule has 5 heteroatoms. The number of likely N-dealkylation sites (tertiary alicyclic amines) is 1. The van der Waals surface area contributed by atoms with Crippen LogP contribution in [0.5, 0.6) is 0 Å². The first-order valence-electron chi connectivity index (χ1n) is 6.97. The van der Waals surface area contributed by atoms with E-state index in [4.69, 9.17) is 4.74 Å². The maximum Gasteiger partial charge on any atom is 0.410 e. The smallest absolute Gasteiger partial charge is 0.410 e. The SMILES string of the molecule is C=CCOC(=O)N1CCC[C@H](c2ccccc2)[C@H]1C(=O)O. The summed E-state index contributed by atoms with van der Waals surface area (Å²) >= 11 is 0. The lowest BCUT2D eigenvalue weighted by atomic mass is 9.83. The van der Waals surface area contributed by atoms with Gasteiger partial charge >= 0.3 is 12.1 Å². The van der Waals surface area contributed by atoms with Crippen LogP contribution in [0.1, 0.15) is 24.3 Å². The zero-order valence-corrected chi connectivity index (χ0v) is 11.8. The molecule has 0 bridgehead atoms. The molecule has 21 heavy (non-hydrogen) atoms. The molecule has 0 saturated carbocycles. The molecule has 1 aliphatic rings. The summed E-state index contributed by atoms with van der Waals surface area (Å²) in [4.78, 5) is 25.0. The molecule has 1 saturated heterocycles. The van der Waals surface area contributed by atoms with Crippen LogP contribution in [-0.4, -0.2) is 41.3 Å². The third-order valence-corrected chi connectivity index (χ3v) is 3.67. The van der Waals surface area contributed by atoms with Crippen molar-refractivity contribution in [3.63, 3.8) is 0 Å². The summed E-state index contributed by atoms with van der Waals surface area (Å²) in [6.45, 7) is 3.96. The number of piperidine rings is 1. The summed E-state index contributed by atoms with van der Waals surface area (Å²) in [5.41, 5.74) is 0.936. The highest BCUT2D eigenvalue weighted by Crippen LogP contribution is 2.33. The number of hydrogen-bond donors (Lipinski definition) is 1. The maximum absolute atomic E-state index is 12.0. The molecule has 0 radical (unpaired) electrons. The lowest BCUT2D eigenvalue weighted by Crippen LogP contribution is -2.51. The third-order valence-electron chi connectivity index (χ3n) is 3.67. The second-order valence-electron chi connectivity index (χ2n) is 5.00. The fourth-order valence-corrected chi connectivity index (χ4v) is 2.77. The van der Waals surface area contributed by atoms with E-state index in [1.165, 1.54) is 11.0 Å². The zero-order valence-electron chi connectivity index (χ0n) is 11.8. The van der Waals surface area contributed by atoms with Crippen molar-refractivity contribution >= 4 is 12.1 Å². The van der Waals surface area contributed by atoms with Crippen LogP contribution in [0.3, 0.4) is 0 Å². The van der Waals surface area contributed by atoms with E-state index in [1.54, 1.807) is 0 Å². The first kappa shape index (κ1) is 15.1. The number of aliphatic carboxylic acids is 1. The Balaban J connectivity index is 2.24. The van der Waals surface area contributed by atoms with Crippen molar-refractivity contribution in [2.24, 2.45) is 0 Å². The molecule has 112 valence electrons. The number of carboxylic acid groups (broad SMARTS) is 1. The van der Waals surface area contributed by atoms with Gasteiger partial charge in [-0.25, -0.2) is 9.59 Å². The van der Waals surface area contributed by atoms with Gasteiger partial charge in [0.1, 0.15) is 12.6 Å². The summed E-state index contributed by atoms with van der Waals surface area (Å²) in [5, 5.41) is 9.55. The normalized spacial score (nSPS) is 21.6. The fourth-order valence-electron chi connectivity index (χ4n) is 2.77. The lowest BCUT2D eigenvalue weighted by molar-refractivity contribution is -0.144. The van der Waals surface area contributed by atoms with Gasteiger partial charge in [-0.15, -0.1) is 0 Å². The van der Waals surface area contributed by atoms with E-state index in [0.717, 1.165) is 18.4 Å². The van der Waals surface area contributed by atoms with E-state index in [2.05, 4.69) is 6.58 Å². The van der Waals surface area contributed by atoms with Gasteiger partial charge in [-0.3, -0.25) is 4.90 Å². The lowest BCUT2D eigenvalue weighted by Gasteiger charge is -2.38. The summed E-state index contributed by atoms with van der Waals surface area (Å²) in [5.74, 6) is -1.21. The van der Waals surface area contributed by atoms with Crippen molar-refractivity contribution in [2.75, 3.05) is 13.2 Å². The quantitative estimate of drug-likeness (QED) is 0.865. The van der Waals surface area contributed by atoms with Gasteiger partial charge < -0.3 is 9.84 Å². The molecule has 1 fully saturated rings. The van der Waals surface area contributed by atoms with Gasteiger partial charge in [-0.2, -0.15) is 0 Å². The molecule has 1 aliphatic heterocycles. The van der Waals surface area contributed by atoms with Crippen LogP contribution in [0.25, 0.3) is 0 Å². The Morgan fingerprint density at radius 1 is 1.38 bits per heavy atom. The van der Waals surface area contributed by atoms with Crippen LogP contribution < -0.4 is 0 Å². The van der Waals surface area contributed by atoms with Gasteiger partial charge in [0, 0.05) is 12.5 Å². The van der Waals surface area contributed by atoms with Crippen molar-refractivity contribution in [2.45, 2.75) is 24.8 Å². The van der Waals surface area contributed by atoms with E-state index in [1.807, 2.05) is 30.3 Å². The summed E-state index contributed by atoms with van der Waals surface area (Å²) in [7, 11) is 0. The monoisotopic (exact) mass is 289 g/mol. The topological polar surface area (TPSA) is 66.8 Å². The first-order chi connectivity index (χ1) is 10.1. The molecule has 0 aromatic heterocycles. The van der Waals surface area contributed by atoms with Crippen molar-refractivity contribution in [1.29, 1.82) is 0 Å². The van der Waals surface area contributed by atoms with Gasteiger partial charge in [0.15, 0.2) is 0 Å². The highest BCUT2D eigenvalue weighted by Gasteiger charge is 2.40. The van der Waals surface area contributed by atoms with Gasteiger partial charge in [-0.1, -0.05) is 43.0 Å². The molecule has 2 atom stereocenters. The van der Waals surface area contributed by atoms with Crippen molar-refractivity contribution < 1.29 is 19.4 Å². The van der Waals surface area contributed by atoms with Crippen LogP contribution >= 0.6 is 0 Å². The largest absolute Gasteiger partial charge is 0.480 e. The number of amides is 1. The van der Waals surface area contributed by atoms with Crippen molar-refractivity contribution in [1.82, 2.24) is 4.90 Å². The number of carbonyl (C=O) groups excluding carboxylic acids is 1. The minimum absolute atomic E-state index is 0.0810. The van der Waals surface area contributed by atoms with Gasteiger partial charge in [0.25, 0.3) is 0 Å². The fraction of sp³-hybridized carbons (Fsp3) is 0.375. The first-order valence-corrected chi connectivity index (χ1v) is 6.97. The standard InChI is InChI=1S/C16H19NO4/c1-2-11-21-16(20)17-10-6-9-13(14(17)15(18)19)12-7-4-3-5-8-12/h2-5,7-8,13-14H,1,6,9-11H2,(H,18,19)/t13-,14+/m1/s1. The summed E-state index contributed by atoms with van der Waals surface area (Å²) in [6, 6.07) is 8.56. The predicted octanol–water partition coefficient (Wildman–Crippen LogP) is 2.64. The molecule has 2 rings (SSSR count). The number of ether oxygens (including phenoxy) is 1. The number of carbonyl (C=O) groups is 2. The Labute approximate surface area is 123 Å². The average molecular weight is 289 g/mol. The molecular weight excluding hydrogens is 270 g/mol. The van der Waals surface area contributed by atoms with Crippen molar-refractivity contribution in [3.8, 4) is 0 Å². The Morgan fingerprint density at radius 3 is 2.71 bits per heavy atom. The molecule has 1 aromatic carbocycles. The third kappa shape index (κ3) is 3.42. The van der Waals surface area contributed by atoms with E-state index in [0.29, 0.717) is 6.54 Å². The summed E-state index contributed by atoms with van der Waals surface area (Å²) in [6.07, 6.45) is 2.37. The molecule has 1 aromatic rings. The number of rotatable bonds is 4. The highest BCUT2D eigenvalue weighted by atomic mass is 16.6. The zero-order chi connectivity index (χ0) is 15.2. The average Bonchev–Trinajstić information content (AvgIpc) is 2.52. The van der Waals surface area contributed by atoms with Crippen LogP contribution in [0.2, 0.25) is 0 Å². The van der Waals surface area contributed by atoms with E-state index in [9.17, 15) is 14.7 Å². The molecule has 1 amide bonds.